The third-order valence-corrected chi connectivity index (χ3v) is 10.2. The number of carboxylic acid groups (broad SMARTS) is 1. The second-order valence-electron chi connectivity index (χ2n) is 17.0. The first-order valence-corrected chi connectivity index (χ1v) is 23.7. The minimum absolute atomic E-state index is 0.185. The average Bonchev–Trinajstić information content (AvgIpc) is 3.18. The summed E-state index contributed by atoms with van der Waals surface area (Å²) < 4.78 is 22.7. The van der Waals surface area contributed by atoms with Crippen LogP contribution in [-0.2, 0) is 33.3 Å². The molecule has 0 aromatic rings. The Labute approximate surface area is 356 Å². The number of nitrogens with zero attached hydrogens (tertiary/aromatic N) is 1. The van der Waals surface area contributed by atoms with Crippen molar-refractivity contribution in [3.63, 3.8) is 0 Å². The number of hydrogen-bond acceptors (Lipinski definition) is 7. The Balaban J connectivity index is 4.39. The van der Waals surface area contributed by atoms with Crippen molar-refractivity contribution in [2.75, 3.05) is 47.5 Å². The van der Waals surface area contributed by atoms with Crippen LogP contribution in [0.3, 0.4) is 0 Å². The summed E-state index contributed by atoms with van der Waals surface area (Å²) in [6.45, 7) is 4.75. The molecule has 0 spiro atoms. The summed E-state index contributed by atoms with van der Waals surface area (Å²) in [5, 5.41) is 9.64. The highest BCUT2D eigenvalue weighted by molar-refractivity contribution is 5.71. The van der Waals surface area contributed by atoms with Crippen LogP contribution in [0.25, 0.3) is 0 Å². The van der Waals surface area contributed by atoms with Crippen molar-refractivity contribution in [1.29, 1.82) is 0 Å². The fraction of sp³-hybridized carbons (Fsp3) is 0.816. The highest BCUT2D eigenvalue weighted by Crippen LogP contribution is 2.15. The molecule has 0 aromatic heterocycles. The van der Waals surface area contributed by atoms with E-state index in [0.717, 1.165) is 70.6 Å². The molecule has 2 unspecified atom stereocenters. The van der Waals surface area contributed by atoms with E-state index in [4.69, 9.17) is 18.9 Å². The first-order valence-electron chi connectivity index (χ1n) is 23.7. The lowest BCUT2D eigenvalue weighted by atomic mass is 10.0. The van der Waals surface area contributed by atoms with Crippen LogP contribution in [0.5, 0.6) is 0 Å². The number of unbranched alkanes of at least 4 members (excludes halogenated alkanes) is 22. The number of carbonyl (C=O) groups excluding carboxylic acids is 2. The predicted octanol–water partition coefficient (Wildman–Crippen LogP) is 12.6. The SMILES string of the molecule is CC/C=C\C/C=C\C/C=C\CCCCCCCC(=O)OC(COC(=O)CCCCCCCCCCCCCCCCCCCC)COC(OCC[N+](C)(C)C)C(=O)O. The van der Waals surface area contributed by atoms with Crippen LogP contribution in [0, 0.1) is 0 Å². The van der Waals surface area contributed by atoms with Gasteiger partial charge in [0.25, 0.3) is 6.29 Å². The number of allylic oxidation sites excluding steroid dienone is 6. The van der Waals surface area contributed by atoms with Gasteiger partial charge in [-0.05, 0) is 44.9 Å². The third-order valence-electron chi connectivity index (χ3n) is 10.2. The summed E-state index contributed by atoms with van der Waals surface area (Å²) >= 11 is 0. The van der Waals surface area contributed by atoms with Crippen molar-refractivity contribution in [2.45, 2.75) is 212 Å². The molecule has 0 rings (SSSR count). The molecule has 1 N–H and O–H groups in total. The zero-order valence-electron chi connectivity index (χ0n) is 38.2. The van der Waals surface area contributed by atoms with Gasteiger partial charge in [0.2, 0.25) is 0 Å². The van der Waals surface area contributed by atoms with Gasteiger partial charge in [0.05, 0.1) is 34.4 Å². The van der Waals surface area contributed by atoms with E-state index >= 15 is 0 Å². The lowest BCUT2D eigenvalue weighted by Gasteiger charge is -2.25. The second kappa shape index (κ2) is 41.3. The van der Waals surface area contributed by atoms with Crippen LogP contribution in [0.1, 0.15) is 200 Å². The lowest BCUT2D eigenvalue weighted by Crippen LogP contribution is -2.40. The van der Waals surface area contributed by atoms with Gasteiger partial charge in [-0.2, -0.15) is 0 Å². The summed E-state index contributed by atoms with van der Waals surface area (Å²) in [4.78, 5) is 37.2. The number of aliphatic carboxylic acids is 1. The number of carboxylic acids is 1. The summed E-state index contributed by atoms with van der Waals surface area (Å²) in [5.41, 5.74) is 0. The van der Waals surface area contributed by atoms with Gasteiger partial charge in [-0.1, -0.05) is 179 Å². The number of hydrogen-bond donors (Lipinski definition) is 1. The van der Waals surface area contributed by atoms with Gasteiger partial charge in [-0.3, -0.25) is 9.59 Å². The molecule has 0 heterocycles. The maximum Gasteiger partial charge on any atom is 0.361 e. The molecule has 0 aliphatic rings. The Bertz CT molecular complexity index is 1050. The summed E-state index contributed by atoms with van der Waals surface area (Å²) in [6.07, 6.45) is 43.5. The molecule has 0 amide bonds. The van der Waals surface area contributed by atoms with Crippen LogP contribution in [0.15, 0.2) is 36.5 Å². The molecule has 0 fully saturated rings. The number of likely N-dealkylation sites (N-methyl/N-ethyl adjacent to an activating group) is 1. The maximum absolute atomic E-state index is 12.8. The minimum atomic E-state index is -1.51. The highest BCUT2D eigenvalue weighted by Gasteiger charge is 2.25. The van der Waals surface area contributed by atoms with Crippen LogP contribution in [0.4, 0.5) is 0 Å². The summed E-state index contributed by atoms with van der Waals surface area (Å²) in [7, 11) is 5.95. The van der Waals surface area contributed by atoms with Gasteiger partial charge >= 0.3 is 17.9 Å². The van der Waals surface area contributed by atoms with E-state index in [1.54, 1.807) is 0 Å². The first kappa shape index (κ1) is 55.5. The van der Waals surface area contributed by atoms with Crippen LogP contribution in [-0.4, -0.2) is 87.4 Å². The average molecular weight is 821 g/mol. The molecule has 0 bridgehead atoms. The standard InChI is InChI=1S/C49H89NO8/c1-6-8-10-12-14-16-18-20-22-23-24-26-27-29-31-33-35-37-39-46(51)56-43-45(44-57-49(48(53)54)55-42-41-50(3,4)5)58-47(52)40-38-36-34-32-30-28-25-21-19-17-15-13-11-9-7-2/h9,11,15,17,21,25,45,49H,6-8,10,12-14,16,18-20,22-24,26-44H2,1-5H3/p+1/b11-9-,17-15-,25-21-. The van der Waals surface area contributed by atoms with Crippen molar-refractivity contribution >= 4 is 17.9 Å². The van der Waals surface area contributed by atoms with E-state index in [1.807, 2.05) is 21.1 Å². The fourth-order valence-corrected chi connectivity index (χ4v) is 6.50. The molecule has 2 atom stereocenters. The quantitative estimate of drug-likeness (QED) is 0.0213. The molecule has 0 saturated carbocycles. The summed E-state index contributed by atoms with van der Waals surface area (Å²) in [5.74, 6) is -2.02. The molecule has 0 aliphatic heterocycles. The molecule has 9 heteroatoms. The number of quaternary nitrogens is 1. The van der Waals surface area contributed by atoms with Crippen molar-refractivity contribution in [2.24, 2.45) is 0 Å². The predicted molar refractivity (Wildman–Crippen MR) is 240 cm³/mol. The van der Waals surface area contributed by atoms with Gasteiger partial charge in [0.1, 0.15) is 13.2 Å². The molecule has 9 nitrogen and oxygen atoms in total. The molecule has 58 heavy (non-hydrogen) atoms. The number of carbonyl (C=O) groups is 3. The fourth-order valence-electron chi connectivity index (χ4n) is 6.50. The van der Waals surface area contributed by atoms with E-state index < -0.39 is 24.3 Å². The number of esters is 2. The Morgan fingerprint density at radius 2 is 0.983 bits per heavy atom. The van der Waals surface area contributed by atoms with Gasteiger partial charge in [-0.25, -0.2) is 4.79 Å². The van der Waals surface area contributed by atoms with Gasteiger partial charge in [-0.15, -0.1) is 0 Å². The number of ether oxygens (including phenoxy) is 4. The van der Waals surface area contributed by atoms with Gasteiger partial charge in [0, 0.05) is 12.8 Å². The zero-order valence-corrected chi connectivity index (χ0v) is 38.2. The van der Waals surface area contributed by atoms with E-state index in [-0.39, 0.29) is 32.2 Å². The molecule has 0 aliphatic carbocycles. The molecular weight excluding hydrogens is 731 g/mol. The molecule has 0 saturated heterocycles. The Hall–Kier alpha value is -2.49. The highest BCUT2D eigenvalue weighted by atomic mass is 16.7. The second-order valence-corrected chi connectivity index (χ2v) is 17.0. The van der Waals surface area contributed by atoms with Crippen LogP contribution in [0.2, 0.25) is 0 Å². The van der Waals surface area contributed by atoms with Crippen molar-refractivity contribution < 1.29 is 42.9 Å². The van der Waals surface area contributed by atoms with E-state index in [2.05, 4.69) is 50.3 Å². The van der Waals surface area contributed by atoms with Crippen LogP contribution < -0.4 is 0 Å². The Morgan fingerprint density at radius 3 is 1.47 bits per heavy atom. The van der Waals surface area contributed by atoms with Crippen LogP contribution >= 0.6 is 0 Å². The van der Waals surface area contributed by atoms with Gasteiger partial charge in [0.15, 0.2) is 6.10 Å². The molecule has 338 valence electrons. The minimum Gasteiger partial charge on any atom is -0.477 e. The topological polar surface area (TPSA) is 108 Å². The van der Waals surface area contributed by atoms with E-state index in [0.29, 0.717) is 23.9 Å². The zero-order chi connectivity index (χ0) is 42.8. The molecule has 0 aromatic carbocycles. The van der Waals surface area contributed by atoms with Crippen molar-refractivity contribution in [1.82, 2.24) is 0 Å². The Kier molecular flexibility index (Phi) is 39.5. The molecular formula is C49H90NO8+. The largest absolute Gasteiger partial charge is 0.477 e. The Morgan fingerprint density at radius 1 is 0.534 bits per heavy atom. The molecule has 0 radical (unpaired) electrons. The smallest absolute Gasteiger partial charge is 0.361 e. The van der Waals surface area contributed by atoms with Gasteiger partial charge < -0.3 is 28.5 Å². The first-order chi connectivity index (χ1) is 28.1. The van der Waals surface area contributed by atoms with E-state index in [9.17, 15) is 19.5 Å². The monoisotopic (exact) mass is 821 g/mol. The van der Waals surface area contributed by atoms with Crippen molar-refractivity contribution in [3.8, 4) is 0 Å². The maximum atomic E-state index is 12.8. The lowest BCUT2D eigenvalue weighted by molar-refractivity contribution is -0.870. The van der Waals surface area contributed by atoms with Crippen molar-refractivity contribution in [3.05, 3.63) is 36.5 Å². The summed E-state index contributed by atoms with van der Waals surface area (Å²) in [6, 6.07) is 0. The van der Waals surface area contributed by atoms with E-state index in [1.165, 1.54) is 96.3 Å². The normalized spacial score (nSPS) is 13.2. The third kappa shape index (κ3) is 41.7. The number of rotatable bonds is 43.